The zero-order valence-corrected chi connectivity index (χ0v) is 17.1. The number of nitrogens with one attached hydrogen (secondary N) is 1. The lowest BCUT2D eigenvalue weighted by Gasteiger charge is -2.32. The first-order valence-corrected chi connectivity index (χ1v) is 9.72. The standard InChI is InChI=1S/C21H24N4O5/c1-23-7-4-5-17(23)19(26)22-13-6-8-24-18(9-13)20(27)25(21(24)28)14-10-15(29-2)12-16(11-14)30-3/h4-5,7,10-13,18H,6,8-9H2,1-3H3,(H,22,26). The molecule has 9 heteroatoms. The molecule has 0 saturated carbocycles. The minimum Gasteiger partial charge on any atom is -0.497 e. The van der Waals surface area contributed by atoms with Crippen molar-refractivity contribution in [1.29, 1.82) is 0 Å². The highest BCUT2D eigenvalue weighted by molar-refractivity contribution is 6.21. The van der Waals surface area contributed by atoms with Gasteiger partial charge in [-0.15, -0.1) is 0 Å². The number of amides is 4. The van der Waals surface area contributed by atoms with Gasteiger partial charge in [-0.2, -0.15) is 0 Å². The van der Waals surface area contributed by atoms with Crippen molar-refractivity contribution in [3.05, 3.63) is 42.2 Å². The summed E-state index contributed by atoms with van der Waals surface area (Å²) in [6, 6.07) is 7.32. The van der Waals surface area contributed by atoms with Gasteiger partial charge < -0.3 is 24.3 Å². The zero-order valence-electron chi connectivity index (χ0n) is 17.1. The first-order valence-electron chi connectivity index (χ1n) is 9.72. The summed E-state index contributed by atoms with van der Waals surface area (Å²) in [5, 5.41) is 2.99. The van der Waals surface area contributed by atoms with E-state index in [9.17, 15) is 14.4 Å². The number of fused-ring (bicyclic) bond motifs is 1. The second-order valence-electron chi connectivity index (χ2n) is 7.44. The van der Waals surface area contributed by atoms with Crippen LogP contribution in [-0.2, 0) is 11.8 Å². The van der Waals surface area contributed by atoms with Gasteiger partial charge in [0.2, 0.25) is 0 Å². The topological polar surface area (TPSA) is 93.1 Å². The Kier molecular flexibility index (Phi) is 5.11. The van der Waals surface area contributed by atoms with Gasteiger partial charge in [0.1, 0.15) is 23.2 Å². The van der Waals surface area contributed by atoms with Crippen LogP contribution in [0.5, 0.6) is 11.5 Å². The fourth-order valence-electron chi connectivity index (χ4n) is 4.05. The Hall–Kier alpha value is -3.49. The van der Waals surface area contributed by atoms with Gasteiger partial charge in [0.25, 0.3) is 11.8 Å². The molecule has 4 amide bonds. The minimum absolute atomic E-state index is 0.188. The van der Waals surface area contributed by atoms with Gasteiger partial charge in [0.05, 0.1) is 19.9 Å². The van der Waals surface area contributed by atoms with E-state index in [1.165, 1.54) is 14.2 Å². The number of rotatable bonds is 5. The van der Waals surface area contributed by atoms with Crippen LogP contribution in [0.25, 0.3) is 0 Å². The molecular formula is C21H24N4O5. The molecule has 2 atom stereocenters. The quantitative estimate of drug-likeness (QED) is 0.756. The molecule has 0 bridgehead atoms. The SMILES string of the molecule is COc1cc(OC)cc(N2C(=O)C3CC(NC(=O)c4cccn4C)CCN3C2=O)c1. The number of hydrogen-bond acceptors (Lipinski definition) is 5. The maximum absolute atomic E-state index is 13.1. The van der Waals surface area contributed by atoms with E-state index in [0.29, 0.717) is 42.3 Å². The number of aryl methyl sites for hydroxylation is 1. The van der Waals surface area contributed by atoms with Gasteiger partial charge in [-0.25, -0.2) is 9.69 Å². The van der Waals surface area contributed by atoms with Gasteiger partial charge in [0, 0.05) is 44.0 Å². The molecule has 0 aliphatic carbocycles. The van der Waals surface area contributed by atoms with Crippen molar-refractivity contribution in [3.63, 3.8) is 0 Å². The number of urea groups is 1. The summed E-state index contributed by atoms with van der Waals surface area (Å²) in [5.41, 5.74) is 0.955. The lowest BCUT2D eigenvalue weighted by molar-refractivity contribution is -0.120. The number of ether oxygens (including phenoxy) is 2. The van der Waals surface area contributed by atoms with E-state index in [1.807, 2.05) is 0 Å². The number of nitrogens with zero attached hydrogens (tertiary/aromatic N) is 3. The number of aromatic nitrogens is 1. The fraction of sp³-hybridized carbons (Fsp3) is 0.381. The third-order valence-corrected chi connectivity index (χ3v) is 5.65. The van der Waals surface area contributed by atoms with E-state index in [4.69, 9.17) is 9.47 Å². The van der Waals surface area contributed by atoms with Crippen molar-refractivity contribution in [3.8, 4) is 11.5 Å². The van der Waals surface area contributed by atoms with Crippen molar-refractivity contribution in [1.82, 2.24) is 14.8 Å². The highest BCUT2D eigenvalue weighted by atomic mass is 16.5. The van der Waals surface area contributed by atoms with Gasteiger partial charge in [-0.3, -0.25) is 9.59 Å². The van der Waals surface area contributed by atoms with E-state index in [0.717, 1.165) is 4.90 Å². The number of methoxy groups -OCH3 is 2. The van der Waals surface area contributed by atoms with Crippen LogP contribution in [0.2, 0.25) is 0 Å². The van der Waals surface area contributed by atoms with Gasteiger partial charge in [-0.1, -0.05) is 0 Å². The van der Waals surface area contributed by atoms with E-state index in [1.54, 1.807) is 53.0 Å². The number of hydrogen-bond donors (Lipinski definition) is 1. The number of piperidine rings is 1. The predicted octanol–water partition coefficient (Wildman–Crippen LogP) is 1.77. The molecule has 158 valence electrons. The Bertz CT molecular complexity index is 979. The number of anilines is 1. The molecule has 1 N–H and O–H groups in total. The van der Waals surface area contributed by atoms with Crippen molar-refractivity contribution < 1.29 is 23.9 Å². The highest BCUT2D eigenvalue weighted by Crippen LogP contribution is 2.35. The number of carbonyl (C=O) groups is 3. The molecule has 2 saturated heterocycles. The van der Waals surface area contributed by atoms with Gasteiger partial charge in [0.15, 0.2) is 0 Å². The van der Waals surface area contributed by atoms with Gasteiger partial charge >= 0.3 is 6.03 Å². The molecule has 9 nitrogen and oxygen atoms in total. The Balaban J connectivity index is 1.52. The Morgan fingerprint density at radius 1 is 1.13 bits per heavy atom. The molecule has 2 unspecified atom stereocenters. The smallest absolute Gasteiger partial charge is 0.332 e. The second kappa shape index (κ2) is 7.74. The molecule has 2 fully saturated rings. The Morgan fingerprint density at radius 3 is 2.43 bits per heavy atom. The summed E-state index contributed by atoms with van der Waals surface area (Å²) in [7, 11) is 4.82. The molecule has 4 rings (SSSR count). The van der Waals surface area contributed by atoms with Crippen LogP contribution in [0, 0.1) is 0 Å². The normalized spacial score (nSPS) is 20.9. The van der Waals surface area contributed by atoms with Crippen molar-refractivity contribution in [2.45, 2.75) is 24.9 Å². The maximum Gasteiger partial charge on any atom is 0.332 e. The van der Waals surface area contributed by atoms with Crippen molar-refractivity contribution in [2.24, 2.45) is 7.05 Å². The first-order chi connectivity index (χ1) is 14.4. The predicted molar refractivity (Wildman–Crippen MR) is 109 cm³/mol. The van der Waals surface area contributed by atoms with E-state index >= 15 is 0 Å². The summed E-state index contributed by atoms with van der Waals surface area (Å²) in [6.45, 7) is 0.394. The Morgan fingerprint density at radius 2 is 1.83 bits per heavy atom. The monoisotopic (exact) mass is 412 g/mol. The van der Waals surface area contributed by atoms with E-state index < -0.39 is 6.04 Å². The lowest BCUT2D eigenvalue weighted by Crippen LogP contribution is -2.50. The molecule has 2 aromatic rings. The number of carbonyl (C=O) groups excluding carboxylic acids is 3. The molecule has 2 aliphatic rings. The molecule has 1 aromatic heterocycles. The summed E-state index contributed by atoms with van der Waals surface area (Å²) < 4.78 is 12.3. The molecule has 1 aromatic carbocycles. The molecule has 3 heterocycles. The van der Waals surface area contributed by atoms with Crippen LogP contribution in [0.3, 0.4) is 0 Å². The Labute approximate surface area is 174 Å². The van der Waals surface area contributed by atoms with Crippen molar-refractivity contribution in [2.75, 3.05) is 25.7 Å². The lowest BCUT2D eigenvalue weighted by atomic mass is 9.98. The highest BCUT2D eigenvalue weighted by Gasteiger charge is 2.49. The van der Waals surface area contributed by atoms with Crippen molar-refractivity contribution >= 4 is 23.5 Å². The summed E-state index contributed by atoms with van der Waals surface area (Å²) >= 11 is 0. The fourth-order valence-corrected chi connectivity index (χ4v) is 4.05. The third-order valence-electron chi connectivity index (χ3n) is 5.65. The minimum atomic E-state index is -0.609. The number of benzene rings is 1. The third kappa shape index (κ3) is 3.36. The maximum atomic E-state index is 13.1. The molecule has 2 aliphatic heterocycles. The van der Waals surface area contributed by atoms with Crippen LogP contribution in [-0.4, -0.2) is 60.2 Å². The zero-order chi connectivity index (χ0) is 21.4. The summed E-state index contributed by atoms with van der Waals surface area (Å²) in [4.78, 5) is 41.4. The van der Waals surface area contributed by atoms with E-state index in [2.05, 4.69) is 5.32 Å². The van der Waals surface area contributed by atoms with Gasteiger partial charge in [-0.05, 0) is 25.0 Å². The number of imide groups is 1. The average molecular weight is 412 g/mol. The van der Waals surface area contributed by atoms with Crippen LogP contribution < -0.4 is 19.7 Å². The van der Waals surface area contributed by atoms with Crippen LogP contribution >= 0.6 is 0 Å². The van der Waals surface area contributed by atoms with Crippen LogP contribution in [0.4, 0.5) is 10.5 Å². The largest absolute Gasteiger partial charge is 0.497 e. The van der Waals surface area contributed by atoms with E-state index in [-0.39, 0.29) is 23.9 Å². The molecule has 30 heavy (non-hydrogen) atoms. The second-order valence-corrected chi connectivity index (χ2v) is 7.44. The summed E-state index contributed by atoms with van der Waals surface area (Å²) in [6.07, 6.45) is 2.76. The molecular weight excluding hydrogens is 388 g/mol. The summed E-state index contributed by atoms with van der Waals surface area (Å²) in [5.74, 6) is 0.477. The van der Waals surface area contributed by atoms with Crippen LogP contribution in [0.1, 0.15) is 23.3 Å². The molecule has 0 spiro atoms. The first kappa shape index (κ1) is 19.8. The molecule has 0 radical (unpaired) electrons. The average Bonchev–Trinajstić information content (AvgIpc) is 3.28. The van der Waals surface area contributed by atoms with Crippen LogP contribution in [0.15, 0.2) is 36.5 Å².